The molecule has 1 aliphatic carbocycles. The third-order valence-electron chi connectivity index (χ3n) is 3.80. The zero-order valence-corrected chi connectivity index (χ0v) is 15.3. The summed E-state index contributed by atoms with van der Waals surface area (Å²) in [6, 6.07) is 8.39. The zero-order valence-electron chi connectivity index (χ0n) is 12.9. The number of amides is 2. The Kier molecular flexibility index (Phi) is 5.13. The van der Waals surface area contributed by atoms with Gasteiger partial charge in [-0.2, -0.15) is 0 Å². The van der Waals surface area contributed by atoms with Crippen molar-refractivity contribution in [2.45, 2.75) is 25.8 Å². The first kappa shape index (κ1) is 17.3. The highest BCUT2D eigenvalue weighted by Crippen LogP contribution is 2.32. The lowest BCUT2D eigenvalue weighted by molar-refractivity contribution is -0.117. The average Bonchev–Trinajstić information content (AvgIpc) is 3.27. The summed E-state index contributed by atoms with van der Waals surface area (Å²) in [6.45, 7) is 1.86. The smallest absolute Gasteiger partial charge is 0.261 e. The van der Waals surface area contributed by atoms with Crippen LogP contribution in [0.2, 0.25) is 10.0 Å². The molecule has 24 heavy (non-hydrogen) atoms. The van der Waals surface area contributed by atoms with Crippen molar-refractivity contribution in [1.82, 2.24) is 5.32 Å². The van der Waals surface area contributed by atoms with Gasteiger partial charge in [0.05, 0.1) is 15.9 Å². The molecule has 1 heterocycles. The minimum atomic E-state index is -0.256. The van der Waals surface area contributed by atoms with Crippen LogP contribution in [0, 0.1) is 5.92 Å². The third kappa shape index (κ3) is 4.09. The lowest BCUT2D eigenvalue weighted by Gasteiger charge is -2.15. The van der Waals surface area contributed by atoms with Gasteiger partial charge in [-0.3, -0.25) is 9.59 Å². The minimum absolute atomic E-state index is 0.0325. The quantitative estimate of drug-likeness (QED) is 0.772. The number of carbonyl (C=O) groups is 2. The summed E-state index contributed by atoms with van der Waals surface area (Å²) in [5.74, 6) is -0.0352. The van der Waals surface area contributed by atoms with E-state index in [0.29, 0.717) is 19.9 Å². The van der Waals surface area contributed by atoms with Crippen molar-refractivity contribution in [2.24, 2.45) is 5.92 Å². The fourth-order valence-electron chi connectivity index (χ4n) is 2.29. The molecule has 0 bridgehead atoms. The number of hydrogen-bond acceptors (Lipinski definition) is 3. The topological polar surface area (TPSA) is 58.2 Å². The van der Waals surface area contributed by atoms with Gasteiger partial charge in [0.25, 0.3) is 5.91 Å². The normalized spacial score (nSPS) is 15.0. The second kappa shape index (κ2) is 7.13. The molecule has 3 rings (SSSR count). The largest absolute Gasteiger partial charge is 0.345 e. The molecule has 1 aliphatic rings. The van der Waals surface area contributed by atoms with Crippen LogP contribution in [0.1, 0.15) is 41.0 Å². The van der Waals surface area contributed by atoms with Gasteiger partial charge in [0.15, 0.2) is 0 Å². The predicted molar refractivity (Wildman–Crippen MR) is 98.0 cm³/mol. The summed E-state index contributed by atoms with van der Waals surface area (Å²) in [6.07, 6.45) is 1.90. The van der Waals surface area contributed by atoms with Gasteiger partial charge in [-0.25, -0.2) is 0 Å². The molecule has 0 radical (unpaired) electrons. The van der Waals surface area contributed by atoms with Gasteiger partial charge in [-0.15, -0.1) is 11.3 Å². The summed E-state index contributed by atoms with van der Waals surface area (Å²) < 4.78 is 0. The van der Waals surface area contributed by atoms with Crippen LogP contribution in [0.4, 0.5) is 5.00 Å². The fourth-order valence-corrected chi connectivity index (χ4v) is 3.68. The monoisotopic (exact) mass is 382 g/mol. The molecule has 126 valence electrons. The van der Waals surface area contributed by atoms with E-state index in [9.17, 15) is 9.59 Å². The van der Waals surface area contributed by atoms with Crippen molar-refractivity contribution >= 4 is 51.4 Å². The maximum absolute atomic E-state index is 12.4. The van der Waals surface area contributed by atoms with Crippen LogP contribution in [0.25, 0.3) is 0 Å². The Morgan fingerprint density at radius 2 is 1.96 bits per heavy atom. The van der Waals surface area contributed by atoms with E-state index in [1.807, 2.05) is 6.92 Å². The Bertz CT molecular complexity index is 787. The van der Waals surface area contributed by atoms with Crippen molar-refractivity contribution in [3.63, 3.8) is 0 Å². The van der Waals surface area contributed by atoms with Crippen molar-refractivity contribution in [3.05, 3.63) is 50.8 Å². The Morgan fingerprint density at radius 3 is 2.62 bits per heavy atom. The molecule has 2 N–H and O–H groups in total. The van der Waals surface area contributed by atoms with Gasteiger partial charge in [0.1, 0.15) is 0 Å². The molecule has 0 spiro atoms. The van der Waals surface area contributed by atoms with Crippen LogP contribution in [-0.2, 0) is 4.79 Å². The molecule has 1 aromatic carbocycles. The lowest BCUT2D eigenvalue weighted by atomic mass is 10.1. The van der Waals surface area contributed by atoms with Gasteiger partial charge in [0.2, 0.25) is 5.91 Å². The molecule has 7 heteroatoms. The standard InChI is InChI=1S/C17H16Cl2N2O2S/c1-9(12-5-4-11(18)8-13(12)19)20-17(23)14-6-7-15(24-14)21-16(22)10-2-3-10/h4-10H,2-3H2,1H3,(H,20,23)(H,21,22)/t9-/m0/s1. The molecule has 1 aromatic heterocycles. The second-order valence-corrected chi connectivity index (χ2v) is 7.72. The van der Waals surface area contributed by atoms with Crippen LogP contribution in [0.3, 0.4) is 0 Å². The predicted octanol–water partition coefficient (Wildman–Crippen LogP) is 4.89. The van der Waals surface area contributed by atoms with Crippen LogP contribution >= 0.6 is 34.5 Å². The molecular formula is C17H16Cl2N2O2S. The van der Waals surface area contributed by atoms with Gasteiger partial charge in [-0.05, 0) is 49.6 Å². The Balaban J connectivity index is 1.63. The molecule has 2 amide bonds. The van der Waals surface area contributed by atoms with E-state index in [0.717, 1.165) is 18.4 Å². The van der Waals surface area contributed by atoms with Crippen LogP contribution < -0.4 is 10.6 Å². The summed E-state index contributed by atoms with van der Waals surface area (Å²) in [5.41, 5.74) is 0.799. The SMILES string of the molecule is C[C@H](NC(=O)c1ccc(NC(=O)C2CC2)s1)c1ccc(Cl)cc1Cl. The number of nitrogens with one attached hydrogen (secondary N) is 2. The molecule has 1 atom stereocenters. The molecule has 0 saturated heterocycles. The number of anilines is 1. The van der Waals surface area contributed by atoms with E-state index in [4.69, 9.17) is 23.2 Å². The number of benzene rings is 1. The highest BCUT2D eigenvalue weighted by Gasteiger charge is 2.30. The molecule has 2 aromatic rings. The number of thiophene rings is 1. The van der Waals surface area contributed by atoms with Crippen molar-refractivity contribution in [3.8, 4) is 0 Å². The van der Waals surface area contributed by atoms with Crippen LogP contribution in [-0.4, -0.2) is 11.8 Å². The highest BCUT2D eigenvalue weighted by molar-refractivity contribution is 7.18. The second-order valence-electron chi connectivity index (χ2n) is 5.79. The lowest BCUT2D eigenvalue weighted by Crippen LogP contribution is -2.26. The van der Waals surface area contributed by atoms with E-state index in [1.165, 1.54) is 11.3 Å². The number of halogens is 2. The minimum Gasteiger partial charge on any atom is -0.345 e. The summed E-state index contributed by atoms with van der Waals surface area (Å²) in [7, 11) is 0. The molecule has 0 unspecified atom stereocenters. The van der Waals surface area contributed by atoms with E-state index in [-0.39, 0.29) is 23.8 Å². The Hall–Kier alpha value is -1.56. The van der Waals surface area contributed by atoms with E-state index >= 15 is 0 Å². The van der Waals surface area contributed by atoms with Crippen LogP contribution in [0.5, 0.6) is 0 Å². The molecule has 1 fully saturated rings. The highest BCUT2D eigenvalue weighted by atomic mass is 35.5. The van der Waals surface area contributed by atoms with E-state index in [1.54, 1.807) is 30.3 Å². The average molecular weight is 383 g/mol. The van der Waals surface area contributed by atoms with Crippen molar-refractivity contribution in [1.29, 1.82) is 0 Å². The summed E-state index contributed by atoms with van der Waals surface area (Å²) in [4.78, 5) is 24.7. The van der Waals surface area contributed by atoms with Gasteiger partial charge in [-0.1, -0.05) is 29.3 Å². The van der Waals surface area contributed by atoms with E-state index < -0.39 is 0 Å². The summed E-state index contributed by atoms with van der Waals surface area (Å²) >= 11 is 13.3. The van der Waals surface area contributed by atoms with Crippen molar-refractivity contribution < 1.29 is 9.59 Å². The number of hydrogen-bond donors (Lipinski definition) is 2. The fraction of sp³-hybridized carbons (Fsp3) is 0.294. The maximum Gasteiger partial charge on any atom is 0.261 e. The molecule has 1 saturated carbocycles. The number of rotatable bonds is 5. The Morgan fingerprint density at radius 1 is 1.21 bits per heavy atom. The first-order valence-electron chi connectivity index (χ1n) is 7.60. The first-order chi connectivity index (χ1) is 11.4. The molecular weight excluding hydrogens is 367 g/mol. The third-order valence-corrected chi connectivity index (χ3v) is 5.36. The van der Waals surface area contributed by atoms with Crippen LogP contribution in [0.15, 0.2) is 30.3 Å². The molecule has 0 aliphatic heterocycles. The first-order valence-corrected chi connectivity index (χ1v) is 9.18. The van der Waals surface area contributed by atoms with Gasteiger partial charge < -0.3 is 10.6 Å². The Labute approximate surface area is 154 Å². The van der Waals surface area contributed by atoms with Gasteiger partial charge >= 0.3 is 0 Å². The van der Waals surface area contributed by atoms with Gasteiger partial charge in [0, 0.05) is 16.0 Å². The number of carbonyl (C=O) groups excluding carboxylic acids is 2. The van der Waals surface area contributed by atoms with E-state index in [2.05, 4.69) is 10.6 Å². The summed E-state index contributed by atoms with van der Waals surface area (Å²) in [5, 5.41) is 7.50. The maximum atomic E-state index is 12.4. The molecule has 4 nitrogen and oxygen atoms in total. The van der Waals surface area contributed by atoms with Crippen molar-refractivity contribution in [2.75, 3.05) is 5.32 Å². The zero-order chi connectivity index (χ0) is 17.3.